The molecule has 2 aliphatic heterocycles. The van der Waals surface area contributed by atoms with Crippen LogP contribution < -0.4 is 5.32 Å². The molecule has 1 aromatic heterocycles. The molecule has 1 saturated carbocycles. The quantitative estimate of drug-likeness (QED) is 0.663. The van der Waals surface area contributed by atoms with Crippen molar-refractivity contribution in [3.63, 3.8) is 0 Å². The van der Waals surface area contributed by atoms with E-state index in [1.165, 1.54) is 0 Å². The van der Waals surface area contributed by atoms with Crippen molar-refractivity contribution < 1.29 is 24.2 Å². The van der Waals surface area contributed by atoms with E-state index in [2.05, 4.69) is 20.8 Å². The molecule has 1 aromatic carbocycles. The fourth-order valence-corrected chi connectivity index (χ4v) is 5.47. The number of carbonyl (C=O) groups excluding carboxylic acids is 1. The molecule has 0 unspecified atom stereocenters. The first-order chi connectivity index (χ1) is 15.5. The topological polar surface area (TPSA) is 128 Å². The number of nitrogens with one attached hydrogen (secondary N) is 1. The molecular weight excluding hydrogens is 414 g/mol. The zero-order chi connectivity index (χ0) is 22.1. The van der Waals surface area contributed by atoms with Gasteiger partial charge in [-0.25, -0.2) is 4.68 Å². The van der Waals surface area contributed by atoms with E-state index in [1.54, 1.807) is 4.68 Å². The van der Waals surface area contributed by atoms with Crippen LogP contribution in [0, 0.1) is 5.41 Å². The average molecular weight is 441 g/mol. The van der Waals surface area contributed by atoms with E-state index >= 15 is 0 Å². The number of tetrazole rings is 1. The van der Waals surface area contributed by atoms with E-state index in [-0.39, 0.29) is 43.0 Å². The Kier molecular flexibility index (Phi) is 5.64. The van der Waals surface area contributed by atoms with Crippen molar-refractivity contribution in [1.29, 1.82) is 0 Å². The first kappa shape index (κ1) is 21.0. The van der Waals surface area contributed by atoms with Gasteiger partial charge in [-0.1, -0.05) is 43.2 Å². The van der Waals surface area contributed by atoms with Gasteiger partial charge in [0.15, 0.2) is 5.82 Å². The summed E-state index contributed by atoms with van der Waals surface area (Å²) in [7, 11) is 0. The molecule has 3 aliphatic rings. The Morgan fingerprint density at radius 1 is 1.09 bits per heavy atom. The summed E-state index contributed by atoms with van der Waals surface area (Å²) < 4.78 is 13.8. The minimum absolute atomic E-state index is 0.0355. The third kappa shape index (κ3) is 4.00. The van der Waals surface area contributed by atoms with Crippen LogP contribution in [0.15, 0.2) is 30.3 Å². The number of aliphatic carboxylic acids is 1. The maximum atomic E-state index is 12.8. The van der Waals surface area contributed by atoms with Crippen LogP contribution in [0.2, 0.25) is 0 Å². The maximum Gasteiger partial charge on any atom is 0.303 e. The Bertz CT molecular complexity index is 974. The molecule has 2 N–H and O–H groups in total. The van der Waals surface area contributed by atoms with Crippen molar-refractivity contribution in [1.82, 2.24) is 25.5 Å². The summed E-state index contributed by atoms with van der Waals surface area (Å²) in [4.78, 5) is 24.2. The van der Waals surface area contributed by atoms with Crippen molar-refractivity contribution in [3.05, 3.63) is 30.3 Å². The number of fused-ring (bicyclic) bond motifs is 1. The molecule has 0 radical (unpaired) electrons. The molecular formula is C22H27N5O5. The number of carboxylic acid groups (broad SMARTS) is 1. The van der Waals surface area contributed by atoms with Gasteiger partial charge < -0.3 is 19.9 Å². The van der Waals surface area contributed by atoms with Gasteiger partial charge in [-0.2, -0.15) is 0 Å². The van der Waals surface area contributed by atoms with Gasteiger partial charge in [-0.15, -0.1) is 5.10 Å². The molecule has 4 atom stereocenters. The number of hydrogen-bond acceptors (Lipinski definition) is 7. The van der Waals surface area contributed by atoms with E-state index in [4.69, 9.17) is 9.47 Å². The number of amides is 1. The number of aromatic nitrogens is 4. The predicted octanol–water partition coefficient (Wildman–Crippen LogP) is 1.59. The van der Waals surface area contributed by atoms with Gasteiger partial charge in [-0.3, -0.25) is 9.59 Å². The Labute approximate surface area is 185 Å². The lowest BCUT2D eigenvalue weighted by atomic mass is 9.79. The minimum Gasteiger partial charge on any atom is -0.481 e. The smallest absolute Gasteiger partial charge is 0.303 e. The highest BCUT2D eigenvalue weighted by molar-refractivity contribution is 5.78. The number of nitrogens with zero attached hydrogens (tertiary/aromatic N) is 4. The van der Waals surface area contributed by atoms with E-state index in [0.717, 1.165) is 31.2 Å². The summed E-state index contributed by atoms with van der Waals surface area (Å²) in [5.74, 6) is -0.337. The lowest BCUT2D eigenvalue weighted by molar-refractivity contribution is -0.140. The fourth-order valence-electron chi connectivity index (χ4n) is 5.47. The monoisotopic (exact) mass is 441 g/mol. The number of benzene rings is 1. The fraction of sp³-hybridized carbons (Fsp3) is 0.591. The molecule has 0 spiro atoms. The van der Waals surface area contributed by atoms with Gasteiger partial charge in [-0.05, 0) is 28.7 Å². The normalized spacial score (nSPS) is 28.5. The maximum absolute atomic E-state index is 12.8. The number of rotatable bonds is 7. The molecule has 10 heteroatoms. The van der Waals surface area contributed by atoms with Gasteiger partial charge in [0, 0.05) is 12.0 Å². The number of hydrogen-bond donors (Lipinski definition) is 2. The molecule has 10 nitrogen and oxygen atoms in total. The molecule has 0 bridgehead atoms. The summed E-state index contributed by atoms with van der Waals surface area (Å²) in [5, 5.41) is 24.5. The van der Waals surface area contributed by atoms with E-state index in [0.29, 0.717) is 19.0 Å². The number of ether oxygens (including phenoxy) is 2. The largest absolute Gasteiger partial charge is 0.481 e. The van der Waals surface area contributed by atoms with Gasteiger partial charge in [0.1, 0.15) is 18.2 Å². The predicted molar refractivity (Wildman–Crippen MR) is 111 cm³/mol. The van der Waals surface area contributed by atoms with Crippen molar-refractivity contribution in [2.24, 2.45) is 5.41 Å². The highest BCUT2D eigenvalue weighted by Crippen LogP contribution is 2.44. The molecule has 1 aliphatic carbocycles. The van der Waals surface area contributed by atoms with Crippen LogP contribution in [0.5, 0.6) is 0 Å². The van der Waals surface area contributed by atoms with E-state index in [9.17, 15) is 14.7 Å². The molecule has 3 heterocycles. The van der Waals surface area contributed by atoms with Gasteiger partial charge in [0.25, 0.3) is 0 Å². The van der Waals surface area contributed by atoms with Crippen LogP contribution >= 0.6 is 0 Å². The Morgan fingerprint density at radius 2 is 1.84 bits per heavy atom. The average Bonchev–Trinajstić information content (AvgIpc) is 3.54. The summed E-state index contributed by atoms with van der Waals surface area (Å²) in [6.07, 6.45) is 3.19. The first-order valence-electron chi connectivity index (χ1n) is 11.1. The molecule has 170 valence electrons. The Balaban J connectivity index is 1.25. The summed E-state index contributed by atoms with van der Waals surface area (Å²) in [5.41, 5.74) is 0.467. The zero-order valence-corrected chi connectivity index (χ0v) is 17.7. The van der Waals surface area contributed by atoms with Crippen molar-refractivity contribution in [2.45, 2.75) is 62.8 Å². The summed E-state index contributed by atoms with van der Waals surface area (Å²) >= 11 is 0. The zero-order valence-electron chi connectivity index (χ0n) is 17.7. The summed E-state index contributed by atoms with van der Waals surface area (Å²) in [6.45, 7) is 0.724. The van der Waals surface area contributed by atoms with Crippen LogP contribution in [0.4, 0.5) is 0 Å². The van der Waals surface area contributed by atoms with Crippen LogP contribution in [-0.2, 0) is 19.1 Å². The van der Waals surface area contributed by atoms with E-state index in [1.807, 2.05) is 30.3 Å². The van der Waals surface area contributed by atoms with E-state index < -0.39 is 11.4 Å². The highest BCUT2D eigenvalue weighted by Gasteiger charge is 2.50. The highest BCUT2D eigenvalue weighted by atomic mass is 16.6. The van der Waals surface area contributed by atoms with Crippen LogP contribution in [0.25, 0.3) is 11.4 Å². The standard InChI is InChI=1S/C22H27N5O5/c28-17(10-22(11-18(29)30)8-4-5-9-22)23-15-12-31-20-16(13-32-19(15)20)27-21(24-25-26-27)14-6-2-1-3-7-14/h1-3,6-7,15-16,19-20H,4-5,8-13H2,(H,23,28)(H,29,30)/t15-,16+,19-,20+/m0/s1. The molecule has 2 aromatic rings. The second-order valence-electron chi connectivity index (χ2n) is 9.10. The van der Waals surface area contributed by atoms with Crippen LogP contribution in [0.3, 0.4) is 0 Å². The molecule has 3 fully saturated rings. The van der Waals surface area contributed by atoms with Crippen LogP contribution in [-0.4, -0.2) is 68.7 Å². The lowest BCUT2D eigenvalue weighted by Crippen LogP contribution is -2.45. The van der Waals surface area contributed by atoms with Crippen molar-refractivity contribution >= 4 is 11.9 Å². The van der Waals surface area contributed by atoms with Crippen molar-refractivity contribution in [2.75, 3.05) is 13.2 Å². The Morgan fingerprint density at radius 3 is 2.59 bits per heavy atom. The second kappa shape index (κ2) is 8.59. The minimum atomic E-state index is -0.846. The molecule has 1 amide bonds. The van der Waals surface area contributed by atoms with Gasteiger partial charge >= 0.3 is 5.97 Å². The molecule has 32 heavy (non-hydrogen) atoms. The van der Waals surface area contributed by atoms with Crippen LogP contribution in [0.1, 0.15) is 44.6 Å². The van der Waals surface area contributed by atoms with Gasteiger partial charge in [0.05, 0.1) is 25.7 Å². The Hall–Kier alpha value is -2.85. The third-order valence-electron chi connectivity index (χ3n) is 6.94. The van der Waals surface area contributed by atoms with Crippen molar-refractivity contribution in [3.8, 4) is 11.4 Å². The number of carbonyl (C=O) groups is 2. The second-order valence-corrected chi connectivity index (χ2v) is 9.10. The third-order valence-corrected chi connectivity index (χ3v) is 6.94. The number of carboxylic acids is 1. The molecule has 5 rings (SSSR count). The first-order valence-corrected chi connectivity index (χ1v) is 11.1. The van der Waals surface area contributed by atoms with Gasteiger partial charge in [0.2, 0.25) is 5.91 Å². The lowest BCUT2D eigenvalue weighted by Gasteiger charge is -2.27. The molecule has 2 saturated heterocycles. The SMILES string of the molecule is O=C(O)CC1(CC(=O)N[C@H]2CO[C@H]3[C@H]2OC[C@H]3n2nnnc2-c2ccccc2)CCCC1. The summed E-state index contributed by atoms with van der Waals surface area (Å²) in [6, 6.07) is 9.22.